The summed E-state index contributed by atoms with van der Waals surface area (Å²) in [5.74, 6) is -0.279. The van der Waals surface area contributed by atoms with Crippen LogP contribution in [0.25, 0.3) is 0 Å². The Bertz CT molecular complexity index is 265. The van der Waals surface area contributed by atoms with Crippen LogP contribution >= 0.6 is 34.8 Å². The van der Waals surface area contributed by atoms with Gasteiger partial charge in [-0.05, 0) is 6.42 Å². The van der Waals surface area contributed by atoms with Gasteiger partial charge in [-0.1, -0.05) is 112 Å². The number of ether oxygens (including phenoxy) is 1. The third-order valence-electron chi connectivity index (χ3n) is 3.63. The highest BCUT2D eigenvalue weighted by molar-refractivity contribution is 6.67. The fourth-order valence-corrected chi connectivity index (χ4v) is 2.51. The third-order valence-corrected chi connectivity index (χ3v) is 3.96. The van der Waals surface area contributed by atoms with Crippen molar-refractivity contribution in [3.8, 4) is 0 Å². The molecule has 0 radical (unpaired) electrons. The highest BCUT2D eigenvalue weighted by atomic mass is 35.6. The number of halogens is 3. The summed E-state index contributed by atoms with van der Waals surface area (Å²) in [5, 5.41) is 0. The predicted octanol–water partition coefficient (Wildman–Crippen LogP) is 6.99. The lowest BCUT2D eigenvalue weighted by Gasteiger charge is -2.11. The summed E-state index contributed by atoms with van der Waals surface area (Å²) in [7, 11) is 0. The molecular weight excluding hydrogens is 343 g/mol. The van der Waals surface area contributed by atoms with Crippen LogP contribution in [0.5, 0.6) is 0 Å². The number of hydrogen-bond donors (Lipinski definition) is 0. The van der Waals surface area contributed by atoms with Gasteiger partial charge in [-0.15, -0.1) is 0 Å². The van der Waals surface area contributed by atoms with Gasteiger partial charge in [0.05, 0.1) is 0 Å². The first-order valence-corrected chi connectivity index (χ1v) is 9.81. The first-order chi connectivity index (χ1) is 10.5. The van der Waals surface area contributed by atoms with Crippen LogP contribution < -0.4 is 0 Å². The Hall–Kier alpha value is 0.340. The molecule has 0 fully saturated rings. The van der Waals surface area contributed by atoms with Crippen molar-refractivity contribution in [2.75, 3.05) is 6.61 Å². The zero-order chi connectivity index (χ0) is 16.7. The van der Waals surface area contributed by atoms with Gasteiger partial charge in [-0.25, -0.2) is 0 Å². The molecule has 0 spiro atoms. The van der Waals surface area contributed by atoms with E-state index in [0.717, 1.165) is 12.8 Å². The topological polar surface area (TPSA) is 26.3 Å². The molecule has 0 saturated carbocycles. The molecule has 2 nitrogen and oxygen atoms in total. The first kappa shape index (κ1) is 22.3. The van der Waals surface area contributed by atoms with Crippen molar-refractivity contribution in [2.24, 2.45) is 0 Å². The molecule has 0 aromatic carbocycles. The molecule has 0 aliphatic carbocycles. The fraction of sp³-hybridized carbons (Fsp3) is 0.941. The average molecular weight is 374 g/mol. The highest BCUT2D eigenvalue weighted by Crippen LogP contribution is 2.26. The minimum Gasteiger partial charge on any atom is -0.461 e. The van der Waals surface area contributed by atoms with E-state index in [1.807, 2.05) is 0 Å². The van der Waals surface area contributed by atoms with Crippen molar-refractivity contribution in [3.05, 3.63) is 0 Å². The predicted molar refractivity (Wildman–Crippen MR) is 96.9 cm³/mol. The maximum absolute atomic E-state index is 11.4. The average Bonchev–Trinajstić information content (AvgIpc) is 2.45. The van der Waals surface area contributed by atoms with Crippen molar-refractivity contribution in [1.29, 1.82) is 0 Å². The summed E-state index contributed by atoms with van der Waals surface area (Å²) < 4.78 is 3.36. The molecule has 0 aromatic rings. The van der Waals surface area contributed by atoms with E-state index in [2.05, 4.69) is 6.92 Å². The second-order valence-electron chi connectivity index (χ2n) is 5.91. The van der Waals surface area contributed by atoms with Crippen molar-refractivity contribution >= 4 is 40.8 Å². The number of esters is 1. The SMILES string of the molecule is CCCCCCCCCCCCCCC(=O)OCC(Cl)(Cl)Cl. The van der Waals surface area contributed by atoms with Gasteiger partial charge < -0.3 is 4.74 Å². The Morgan fingerprint density at radius 3 is 1.59 bits per heavy atom. The number of rotatable bonds is 14. The van der Waals surface area contributed by atoms with E-state index in [-0.39, 0.29) is 12.6 Å². The van der Waals surface area contributed by atoms with Crippen LogP contribution in [0, 0.1) is 0 Å². The first-order valence-electron chi connectivity index (χ1n) is 8.68. The maximum atomic E-state index is 11.4. The van der Waals surface area contributed by atoms with Crippen LogP contribution in [0.2, 0.25) is 0 Å². The van der Waals surface area contributed by atoms with Gasteiger partial charge in [0.2, 0.25) is 3.79 Å². The summed E-state index contributed by atoms with van der Waals surface area (Å²) in [4.78, 5) is 11.4. The van der Waals surface area contributed by atoms with Crippen LogP contribution in [0.3, 0.4) is 0 Å². The zero-order valence-electron chi connectivity index (χ0n) is 13.8. The van der Waals surface area contributed by atoms with Gasteiger partial charge in [-0.2, -0.15) is 0 Å². The van der Waals surface area contributed by atoms with Crippen LogP contribution in [-0.2, 0) is 9.53 Å². The lowest BCUT2D eigenvalue weighted by Crippen LogP contribution is -2.17. The molecule has 0 aliphatic rings. The molecule has 0 aliphatic heterocycles. The Morgan fingerprint density at radius 1 is 0.773 bits per heavy atom. The summed E-state index contributed by atoms with van der Waals surface area (Å²) in [5.41, 5.74) is 0. The molecule has 0 aromatic heterocycles. The van der Waals surface area contributed by atoms with Gasteiger partial charge in [0, 0.05) is 6.42 Å². The third kappa shape index (κ3) is 18.4. The normalized spacial score (nSPS) is 11.6. The van der Waals surface area contributed by atoms with Crippen molar-refractivity contribution in [3.63, 3.8) is 0 Å². The van der Waals surface area contributed by atoms with E-state index in [0.29, 0.717) is 6.42 Å². The van der Waals surface area contributed by atoms with Gasteiger partial charge >= 0.3 is 5.97 Å². The number of carbonyl (C=O) groups is 1. The van der Waals surface area contributed by atoms with Gasteiger partial charge in [0.1, 0.15) is 6.61 Å². The quantitative estimate of drug-likeness (QED) is 0.186. The highest BCUT2D eigenvalue weighted by Gasteiger charge is 2.21. The van der Waals surface area contributed by atoms with Crippen LogP contribution in [-0.4, -0.2) is 16.4 Å². The number of alkyl halides is 3. The molecule has 5 heteroatoms. The molecule has 0 N–H and O–H groups in total. The Morgan fingerprint density at radius 2 is 1.18 bits per heavy atom. The van der Waals surface area contributed by atoms with Crippen molar-refractivity contribution in [2.45, 2.75) is 94.2 Å². The van der Waals surface area contributed by atoms with Crippen LogP contribution in [0.1, 0.15) is 90.4 Å². The molecule has 0 unspecified atom stereocenters. The summed E-state index contributed by atoms with van der Waals surface area (Å²) >= 11 is 16.5. The van der Waals surface area contributed by atoms with E-state index >= 15 is 0 Å². The Kier molecular flexibility index (Phi) is 15.1. The molecule has 0 atom stereocenters. The molecule has 0 saturated heterocycles. The monoisotopic (exact) mass is 372 g/mol. The second-order valence-corrected chi connectivity index (χ2v) is 8.43. The van der Waals surface area contributed by atoms with Gasteiger partial charge in [-0.3, -0.25) is 4.79 Å². The summed E-state index contributed by atoms with van der Waals surface area (Å²) in [6.07, 6.45) is 15.7. The van der Waals surface area contributed by atoms with Crippen molar-refractivity contribution in [1.82, 2.24) is 0 Å². The summed E-state index contributed by atoms with van der Waals surface area (Å²) in [6.45, 7) is 2.08. The minimum absolute atomic E-state index is 0.172. The van der Waals surface area contributed by atoms with Crippen LogP contribution in [0.15, 0.2) is 0 Å². The number of carbonyl (C=O) groups excluding carboxylic acids is 1. The molecular formula is C17H31Cl3O2. The number of unbranched alkanes of at least 4 members (excludes halogenated alkanes) is 11. The Labute approximate surface area is 151 Å². The minimum atomic E-state index is -1.51. The van der Waals surface area contributed by atoms with E-state index in [1.54, 1.807) is 0 Å². The van der Waals surface area contributed by atoms with E-state index < -0.39 is 3.79 Å². The second kappa shape index (κ2) is 14.9. The smallest absolute Gasteiger partial charge is 0.305 e. The zero-order valence-corrected chi connectivity index (χ0v) is 16.1. The summed E-state index contributed by atoms with van der Waals surface area (Å²) in [6, 6.07) is 0. The lowest BCUT2D eigenvalue weighted by atomic mass is 10.0. The largest absolute Gasteiger partial charge is 0.461 e. The van der Waals surface area contributed by atoms with Gasteiger partial charge in [0.25, 0.3) is 0 Å². The maximum Gasteiger partial charge on any atom is 0.305 e. The fourth-order valence-electron chi connectivity index (χ4n) is 2.34. The molecule has 0 heterocycles. The molecule has 0 rings (SSSR count). The standard InChI is InChI=1S/C17H31Cl3O2/c1-2-3-4-5-6-7-8-9-10-11-12-13-14-16(21)22-15-17(18,19)20/h2-15H2,1H3. The van der Waals surface area contributed by atoms with Crippen LogP contribution in [0.4, 0.5) is 0 Å². The molecule has 0 amide bonds. The van der Waals surface area contributed by atoms with Crippen molar-refractivity contribution < 1.29 is 9.53 Å². The van der Waals surface area contributed by atoms with E-state index in [9.17, 15) is 4.79 Å². The Balaban J connectivity index is 3.18. The van der Waals surface area contributed by atoms with Gasteiger partial charge in [0.15, 0.2) is 0 Å². The molecule has 132 valence electrons. The molecule has 22 heavy (non-hydrogen) atoms. The van der Waals surface area contributed by atoms with E-state index in [4.69, 9.17) is 39.5 Å². The lowest BCUT2D eigenvalue weighted by molar-refractivity contribution is -0.143. The van der Waals surface area contributed by atoms with E-state index in [1.165, 1.54) is 64.2 Å². The molecule has 0 bridgehead atoms. The number of hydrogen-bond acceptors (Lipinski definition) is 2.